The van der Waals surface area contributed by atoms with Gasteiger partial charge in [-0.3, -0.25) is 0 Å². The van der Waals surface area contributed by atoms with Crippen molar-refractivity contribution in [2.75, 3.05) is 4.90 Å². The lowest BCUT2D eigenvalue weighted by atomic mass is 9.77. The van der Waals surface area contributed by atoms with Gasteiger partial charge in [-0.05, 0) is 107 Å². The molecule has 0 unspecified atom stereocenters. The van der Waals surface area contributed by atoms with E-state index in [1.165, 1.54) is 54.9 Å². The third kappa shape index (κ3) is 4.94. The van der Waals surface area contributed by atoms with Crippen LogP contribution in [0.3, 0.4) is 0 Å². The molecule has 2 nitrogen and oxygen atoms in total. The molecule has 0 saturated carbocycles. The van der Waals surface area contributed by atoms with Gasteiger partial charge in [-0.25, -0.2) is 4.39 Å². The first kappa shape index (κ1) is 29.6. The Bertz CT molecular complexity index is 2500. The molecule has 0 amide bonds. The van der Waals surface area contributed by atoms with E-state index in [0.29, 0.717) is 0 Å². The van der Waals surface area contributed by atoms with Gasteiger partial charge in [0.15, 0.2) is 0 Å². The quantitative estimate of drug-likeness (QED) is 0.183. The Hall–Kier alpha value is -5.58. The SMILES string of the molecule is CC1(C)c2ccccc2Sc2cc(N(c3ccc(F)cc3)c3ccc(-c4ccc5c(c4)c4ccccc4n5-c4ccccc4)cc3)ccc21. The van der Waals surface area contributed by atoms with E-state index in [2.05, 4.69) is 163 Å². The summed E-state index contributed by atoms with van der Waals surface area (Å²) in [5.74, 6) is -0.248. The average Bonchev–Trinajstić information content (AvgIpc) is 3.47. The van der Waals surface area contributed by atoms with Crippen LogP contribution in [0.15, 0.2) is 174 Å². The summed E-state index contributed by atoms with van der Waals surface area (Å²) in [6.07, 6.45) is 0. The van der Waals surface area contributed by atoms with E-state index < -0.39 is 0 Å². The van der Waals surface area contributed by atoms with Crippen molar-refractivity contribution in [3.8, 4) is 16.8 Å². The minimum atomic E-state index is -0.248. The fourth-order valence-corrected chi connectivity index (χ4v) is 8.86. The number of rotatable bonds is 5. The molecule has 0 N–H and O–H groups in total. The van der Waals surface area contributed by atoms with Crippen molar-refractivity contribution in [3.63, 3.8) is 0 Å². The maximum atomic E-state index is 14.1. The molecule has 0 saturated heterocycles. The predicted octanol–water partition coefficient (Wildman–Crippen LogP) is 12.9. The van der Waals surface area contributed by atoms with Crippen LogP contribution in [-0.2, 0) is 5.41 Å². The first-order valence-corrected chi connectivity index (χ1v) is 17.4. The van der Waals surface area contributed by atoms with Gasteiger partial charge < -0.3 is 9.47 Å². The maximum absolute atomic E-state index is 14.1. The first-order valence-electron chi connectivity index (χ1n) is 16.6. The number of anilines is 3. The molecule has 0 atom stereocenters. The summed E-state index contributed by atoms with van der Waals surface area (Å²) in [5, 5.41) is 2.46. The van der Waals surface area contributed by atoms with Gasteiger partial charge in [0.1, 0.15) is 5.82 Å². The Balaban J connectivity index is 1.12. The fraction of sp³-hybridized carbons (Fsp3) is 0.0667. The minimum absolute atomic E-state index is 0.105. The fourth-order valence-electron chi connectivity index (χ4n) is 7.43. The summed E-state index contributed by atoms with van der Waals surface area (Å²) in [4.78, 5) is 4.75. The zero-order chi connectivity index (χ0) is 33.1. The second-order valence-electron chi connectivity index (χ2n) is 13.2. The number of aromatic nitrogens is 1. The molecule has 0 fully saturated rings. The van der Waals surface area contributed by atoms with Gasteiger partial charge in [-0.1, -0.05) is 104 Å². The Morgan fingerprint density at radius 1 is 0.510 bits per heavy atom. The van der Waals surface area contributed by atoms with Gasteiger partial charge in [-0.15, -0.1) is 0 Å². The molecule has 49 heavy (non-hydrogen) atoms. The standard InChI is InChI=1S/C45H33FN2S/c1-45(2)39-13-7-9-15-43(39)49-44-29-36(25-26-40(44)45)47(35-23-19-32(46)20-24-35)34-21-16-30(17-22-34)31-18-27-42-38(28-31)37-12-6-8-14-41(37)48(42)33-10-4-3-5-11-33/h3-29H,1-2H3. The zero-order valence-electron chi connectivity index (χ0n) is 27.3. The van der Waals surface area contributed by atoms with Gasteiger partial charge in [0.2, 0.25) is 0 Å². The van der Waals surface area contributed by atoms with E-state index in [4.69, 9.17) is 0 Å². The number of halogens is 1. The molecular formula is C45H33FN2S. The Morgan fingerprint density at radius 3 is 1.92 bits per heavy atom. The predicted molar refractivity (Wildman–Crippen MR) is 204 cm³/mol. The summed E-state index contributed by atoms with van der Waals surface area (Å²) in [7, 11) is 0. The molecule has 4 heteroatoms. The number of para-hydroxylation sites is 2. The summed E-state index contributed by atoms with van der Waals surface area (Å²) < 4.78 is 16.5. The van der Waals surface area contributed by atoms with Crippen molar-refractivity contribution >= 4 is 50.6 Å². The van der Waals surface area contributed by atoms with E-state index in [0.717, 1.165) is 33.9 Å². The van der Waals surface area contributed by atoms with Crippen LogP contribution in [0.25, 0.3) is 38.6 Å². The van der Waals surface area contributed by atoms with E-state index in [1.54, 1.807) is 0 Å². The van der Waals surface area contributed by atoms with Gasteiger partial charge >= 0.3 is 0 Å². The lowest BCUT2D eigenvalue weighted by Crippen LogP contribution is -2.24. The van der Waals surface area contributed by atoms with Crippen molar-refractivity contribution in [3.05, 3.63) is 181 Å². The van der Waals surface area contributed by atoms with Gasteiger partial charge in [0.25, 0.3) is 0 Å². The van der Waals surface area contributed by atoms with Crippen molar-refractivity contribution in [2.45, 2.75) is 29.1 Å². The van der Waals surface area contributed by atoms with Gasteiger partial charge in [0, 0.05) is 48.7 Å². The number of hydrogen-bond acceptors (Lipinski definition) is 2. The normalized spacial score (nSPS) is 13.3. The number of fused-ring (bicyclic) bond motifs is 5. The summed E-state index contributed by atoms with van der Waals surface area (Å²) in [5.41, 5.74) is 11.4. The zero-order valence-corrected chi connectivity index (χ0v) is 28.1. The number of hydrogen-bond donors (Lipinski definition) is 0. The van der Waals surface area contributed by atoms with Crippen LogP contribution in [0.5, 0.6) is 0 Å². The van der Waals surface area contributed by atoms with Crippen molar-refractivity contribution in [1.29, 1.82) is 0 Å². The Labute approximate surface area is 290 Å². The van der Waals surface area contributed by atoms with Crippen molar-refractivity contribution in [2.24, 2.45) is 0 Å². The van der Waals surface area contributed by atoms with Crippen LogP contribution in [0.1, 0.15) is 25.0 Å². The molecule has 8 aromatic rings. The number of nitrogens with zero attached hydrogens (tertiary/aromatic N) is 2. The summed E-state index contributed by atoms with van der Waals surface area (Å²) in [6.45, 7) is 4.61. The molecule has 1 aliphatic rings. The molecule has 1 aromatic heterocycles. The van der Waals surface area contributed by atoms with Crippen LogP contribution in [-0.4, -0.2) is 4.57 Å². The molecule has 7 aromatic carbocycles. The molecule has 2 heterocycles. The largest absolute Gasteiger partial charge is 0.310 e. The monoisotopic (exact) mass is 652 g/mol. The van der Waals surface area contributed by atoms with Crippen LogP contribution in [0.4, 0.5) is 21.5 Å². The Morgan fingerprint density at radius 2 is 1.12 bits per heavy atom. The molecule has 0 radical (unpaired) electrons. The highest BCUT2D eigenvalue weighted by atomic mass is 32.2. The lowest BCUT2D eigenvalue weighted by Gasteiger charge is -2.35. The lowest BCUT2D eigenvalue weighted by molar-refractivity contribution is 0.607. The second-order valence-corrected chi connectivity index (χ2v) is 14.3. The minimum Gasteiger partial charge on any atom is -0.310 e. The molecule has 0 spiro atoms. The topological polar surface area (TPSA) is 8.17 Å². The van der Waals surface area contributed by atoms with E-state index in [1.807, 2.05) is 23.9 Å². The molecule has 0 aliphatic carbocycles. The average molecular weight is 653 g/mol. The first-order chi connectivity index (χ1) is 24.0. The molecule has 1 aliphatic heterocycles. The van der Waals surface area contributed by atoms with Gasteiger partial charge in [0.05, 0.1) is 11.0 Å². The summed E-state index contributed by atoms with van der Waals surface area (Å²) in [6, 6.07) is 56.9. The van der Waals surface area contributed by atoms with E-state index >= 15 is 0 Å². The van der Waals surface area contributed by atoms with Crippen molar-refractivity contribution in [1.82, 2.24) is 4.57 Å². The highest BCUT2D eigenvalue weighted by molar-refractivity contribution is 7.99. The van der Waals surface area contributed by atoms with Crippen LogP contribution >= 0.6 is 11.8 Å². The molecule has 9 rings (SSSR count). The third-order valence-corrected chi connectivity index (χ3v) is 11.0. The maximum Gasteiger partial charge on any atom is 0.123 e. The van der Waals surface area contributed by atoms with E-state index in [9.17, 15) is 4.39 Å². The molecular weight excluding hydrogens is 620 g/mol. The van der Waals surface area contributed by atoms with Crippen LogP contribution in [0, 0.1) is 5.82 Å². The third-order valence-electron chi connectivity index (χ3n) is 9.91. The highest BCUT2D eigenvalue weighted by Crippen LogP contribution is 2.51. The van der Waals surface area contributed by atoms with E-state index in [-0.39, 0.29) is 11.2 Å². The van der Waals surface area contributed by atoms with Crippen molar-refractivity contribution < 1.29 is 4.39 Å². The molecule has 236 valence electrons. The second kappa shape index (κ2) is 11.5. The highest BCUT2D eigenvalue weighted by Gasteiger charge is 2.33. The Kier molecular flexibility index (Phi) is 6.96. The molecule has 0 bridgehead atoms. The summed E-state index contributed by atoms with van der Waals surface area (Å²) >= 11 is 1.82. The van der Waals surface area contributed by atoms with Crippen LogP contribution < -0.4 is 4.90 Å². The number of benzene rings is 7. The van der Waals surface area contributed by atoms with Gasteiger partial charge in [-0.2, -0.15) is 0 Å². The smallest absolute Gasteiger partial charge is 0.123 e. The van der Waals surface area contributed by atoms with Crippen LogP contribution in [0.2, 0.25) is 0 Å².